The van der Waals surface area contributed by atoms with Gasteiger partial charge in [-0.2, -0.15) is 0 Å². The van der Waals surface area contributed by atoms with Gasteiger partial charge in [-0.1, -0.05) is 6.08 Å². The van der Waals surface area contributed by atoms with Gasteiger partial charge in [0.25, 0.3) is 0 Å². The summed E-state index contributed by atoms with van der Waals surface area (Å²) in [7, 11) is -5.94. The van der Waals surface area contributed by atoms with E-state index in [4.69, 9.17) is 8.85 Å². The standard InChI is InChI=1S/C14H21FO4SSi/c1-4-18-21(3,19-5-2)12-6-11-20(16,17)14-9-7-13(15)8-10-14/h6-10,12H,4-5,11H2,1-3H3/b12-6+. The first-order valence-electron chi connectivity index (χ1n) is 6.77. The van der Waals surface area contributed by atoms with Crippen molar-refractivity contribution in [3.05, 3.63) is 41.9 Å². The SMILES string of the molecule is CCO[Si](C)(/C=C/CS(=O)(=O)c1ccc(F)cc1)OCC. The van der Waals surface area contributed by atoms with Crippen LogP contribution in [0.25, 0.3) is 0 Å². The van der Waals surface area contributed by atoms with Gasteiger partial charge in [-0.25, -0.2) is 12.8 Å². The van der Waals surface area contributed by atoms with E-state index >= 15 is 0 Å². The normalized spacial score (nSPS) is 13.0. The topological polar surface area (TPSA) is 52.6 Å². The van der Waals surface area contributed by atoms with Crippen LogP contribution < -0.4 is 0 Å². The maximum atomic E-state index is 12.8. The molecule has 7 heteroatoms. The summed E-state index contributed by atoms with van der Waals surface area (Å²) in [6, 6.07) is 4.80. The van der Waals surface area contributed by atoms with Crippen LogP contribution in [0.15, 0.2) is 40.9 Å². The van der Waals surface area contributed by atoms with Crippen LogP contribution in [-0.4, -0.2) is 35.9 Å². The fraction of sp³-hybridized carbons (Fsp3) is 0.429. The minimum absolute atomic E-state index is 0.102. The van der Waals surface area contributed by atoms with E-state index in [2.05, 4.69) is 0 Å². The summed E-state index contributed by atoms with van der Waals surface area (Å²) in [5.41, 5.74) is 1.72. The first-order chi connectivity index (χ1) is 9.83. The van der Waals surface area contributed by atoms with Crippen LogP contribution in [0, 0.1) is 5.82 Å². The maximum Gasteiger partial charge on any atom is 0.361 e. The molecule has 0 atom stereocenters. The minimum atomic E-state index is -3.47. The molecule has 0 heterocycles. The molecular formula is C14H21FO4SSi. The number of benzene rings is 1. The zero-order valence-electron chi connectivity index (χ0n) is 12.5. The summed E-state index contributed by atoms with van der Waals surface area (Å²) < 4.78 is 48.2. The minimum Gasteiger partial charge on any atom is -0.392 e. The Hall–Kier alpha value is -1.02. The fourth-order valence-corrected chi connectivity index (χ4v) is 5.07. The van der Waals surface area contributed by atoms with Crippen molar-refractivity contribution in [3.63, 3.8) is 0 Å². The van der Waals surface area contributed by atoms with Gasteiger partial charge in [-0.05, 0) is 50.4 Å². The maximum absolute atomic E-state index is 12.8. The van der Waals surface area contributed by atoms with E-state index in [0.717, 1.165) is 12.1 Å². The van der Waals surface area contributed by atoms with Crippen LogP contribution >= 0.6 is 0 Å². The van der Waals surface area contributed by atoms with Crippen molar-refractivity contribution in [1.29, 1.82) is 0 Å². The van der Waals surface area contributed by atoms with Gasteiger partial charge in [0.05, 0.1) is 10.6 Å². The third-order valence-electron chi connectivity index (χ3n) is 2.77. The first-order valence-corrected chi connectivity index (χ1v) is 10.8. The van der Waals surface area contributed by atoms with Crippen LogP contribution in [-0.2, 0) is 18.7 Å². The molecular weight excluding hydrogens is 311 g/mol. The average molecular weight is 332 g/mol. The molecule has 0 N–H and O–H groups in total. The molecule has 0 saturated carbocycles. The second-order valence-corrected chi connectivity index (χ2v) is 9.50. The van der Waals surface area contributed by atoms with Crippen LogP contribution in [0.2, 0.25) is 6.55 Å². The van der Waals surface area contributed by atoms with Crippen molar-refractivity contribution in [1.82, 2.24) is 0 Å². The molecule has 0 fully saturated rings. The fourth-order valence-electron chi connectivity index (χ4n) is 1.84. The third-order valence-corrected chi connectivity index (χ3v) is 6.96. The van der Waals surface area contributed by atoms with Crippen molar-refractivity contribution >= 4 is 18.4 Å². The second-order valence-electron chi connectivity index (χ2n) is 4.52. The predicted octanol–water partition coefficient (Wildman–Crippen LogP) is 2.84. The lowest BCUT2D eigenvalue weighted by molar-refractivity contribution is 0.201. The molecule has 0 aromatic heterocycles. The Morgan fingerprint density at radius 3 is 2.14 bits per heavy atom. The van der Waals surface area contributed by atoms with Gasteiger partial charge in [0.2, 0.25) is 0 Å². The Balaban J connectivity index is 2.80. The summed E-state index contributed by atoms with van der Waals surface area (Å²) in [6.07, 6.45) is 1.55. The zero-order valence-corrected chi connectivity index (χ0v) is 14.3. The molecule has 1 aromatic carbocycles. The van der Waals surface area contributed by atoms with Crippen molar-refractivity contribution in [2.24, 2.45) is 0 Å². The lowest BCUT2D eigenvalue weighted by Gasteiger charge is -2.22. The summed E-state index contributed by atoms with van der Waals surface area (Å²) in [5, 5.41) is 0. The Morgan fingerprint density at radius 1 is 1.14 bits per heavy atom. The Kier molecular flexibility index (Phi) is 6.73. The van der Waals surface area contributed by atoms with E-state index < -0.39 is 24.2 Å². The number of sulfone groups is 1. The number of rotatable bonds is 8. The highest BCUT2D eigenvalue weighted by molar-refractivity contribution is 7.91. The number of hydrogen-bond donors (Lipinski definition) is 0. The van der Waals surface area contributed by atoms with E-state index in [0.29, 0.717) is 13.2 Å². The Bertz CT molecular complexity index is 563. The van der Waals surface area contributed by atoms with Gasteiger partial charge in [-0.15, -0.1) is 0 Å². The monoisotopic (exact) mass is 332 g/mol. The van der Waals surface area contributed by atoms with Gasteiger partial charge in [0.1, 0.15) is 5.82 Å². The molecule has 0 aliphatic carbocycles. The van der Waals surface area contributed by atoms with Crippen LogP contribution in [0.5, 0.6) is 0 Å². The molecule has 0 saturated heterocycles. The third kappa shape index (κ3) is 5.70. The van der Waals surface area contributed by atoms with Crippen LogP contribution in [0.1, 0.15) is 13.8 Å². The van der Waals surface area contributed by atoms with E-state index in [-0.39, 0.29) is 10.6 Å². The molecule has 21 heavy (non-hydrogen) atoms. The van der Waals surface area contributed by atoms with Gasteiger partial charge in [-0.3, -0.25) is 0 Å². The van der Waals surface area contributed by atoms with Gasteiger partial charge in [0.15, 0.2) is 9.84 Å². The smallest absolute Gasteiger partial charge is 0.361 e. The van der Waals surface area contributed by atoms with Gasteiger partial charge >= 0.3 is 8.56 Å². The van der Waals surface area contributed by atoms with E-state index in [1.807, 2.05) is 20.4 Å². The van der Waals surface area contributed by atoms with Crippen molar-refractivity contribution < 1.29 is 21.7 Å². The van der Waals surface area contributed by atoms with E-state index in [1.54, 1.807) is 11.8 Å². The molecule has 118 valence electrons. The molecule has 0 spiro atoms. The molecule has 0 radical (unpaired) electrons. The molecule has 0 aliphatic heterocycles. The predicted molar refractivity (Wildman–Crippen MR) is 82.5 cm³/mol. The molecule has 0 unspecified atom stereocenters. The number of halogens is 1. The lowest BCUT2D eigenvalue weighted by Crippen LogP contribution is -2.37. The average Bonchev–Trinajstić information content (AvgIpc) is 2.39. The zero-order chi connectivity index (χ0) is 15.9. The van der Waals surface area contributed by atoms with Gasteiger partial charge < -0.3 is 8.85 Å². The summed E-state index contributed by atoms with van der Waals surface area (Å²) in [4.78, 5) is 0.102. The van der Waals surface area contributed by atoms with Crippen molar-refractivity contribution in [2.75, 3.05) is 19.0 Å². The molecule has 1 rings (SSSR count). The molecule has 1 aromatic rings. The Labute approximate surface area is 126 Å². The summed E-state index contributed by atoms with van der Waals surface area (Å²) >= 11 is 0. The van der Waals surface area contributed by atoms with E-state index in [9.17, 15) is 12.8 Å². The highest BCUT2D eigenvalue weighted by atomic mass is 32.2. The van der Waals surface area contributed by atoms with Crippen molar-refractivity contribution in [3.8, 4) is 0 Å². The second kappa shape index (κ2) is 7.84. The number of hydrogen-bond acceptors (Lipinski definition) is 4. The Morgan fingerprint density at radius 2 is 1.67 bits per heavy atom. The van der Waals surface area contributed by atoms with Gasteiger partial charge in [0, 0.05) is 13.2 Å². The highest BCUT2D eigenvalue weighted by Crippen LogP contribution is 2.14. The van der Waals surface area contributed by atoms with E-state index in [1.165, 1.54) is 12.1 Å². The largest absolute Gasteiger partial charge is 0.392 e. The summed E-state index contributed by atoms with van der Waals surface area (Å²) in [6.45, 7) is 6.62. The first kappa shape index (κ1) is 18.0. The molecule has 0 amide bonds. The molecule has 0 bridgehead atoms. The lowest BCUT2D eigenvalue weighted by atomic mass is 10.4. The molecule has 0 aliphatic rings. The van der Waals surface area contributed by atoms with Crippen molar-refractivity contribution in [2.45, 2.75) is 25.3 Å². The highest BCUT2D eigenvalue weighted by Gasteiger charge is 2.27. The summed E-state index contributed by atoms with van der Waals surface area (Å²) in [5.74, 6) is -0.626. The molecule has 4 nitrogen and oxygen atoms in total. The van der Waals surface area contributed by atoms with Crippen LogP contribution in [0.4, 0.5) is 4.39 Å². The quantitative estimate of drug-likeness (QED) is 0.542. The van der Waals surface area contributed by atoms with Crippen LogP contribution in [0.3, 0.4) is 0 Å².